The van der Waals surface area contributed by atoms with Crippen molar-refractivity contribution in [2.75, 3.05) is 32.8 Å². The fourth-order valence-corrected chi connectivity index (χ4v) is 4.84. The Balaban J connectivity index is 1.75. The summed E-state index contributed by atoms with van der Waals surface area (Å²) in [6.07, 6.45) is 7.03. The average molecular weight is 477 g/mol. The third-order valence-corrected chi connectivity index (χ3v) is 7.39. The van der Waals surface area contributed by atoms with Crippen molar-refractivity contribution in [1.29, 1.82) is 0 Å². The van der Waals surface area contributed by atoms with E-state index in [0.717, 1.165) is 25.7 Å². The van der Waals surface area contributed by atoms with Crippen molar-refractivity contribution in [3.05, 3.63) is 17.8 Å². The molecule has 2 aliphatic heterocycles. The Labute approximate surface area is 202 Å². The predicted octanol–water partition coefficient (Wildman–Crippen LogP) is 2.70. The van der Waals surface area contributed by atoms with Crippen LogP contribution in [0.25, 0.3) is 0 Å². The van der Waals surface area contributed by atoms with Crippen LogP contribution in [0.5, 0.6) is 0 Å². The Morgan fingerprint density at radius 3 is 2.62 bits per heavy atom. The second-order valence-electron chi connectivity index (χ2n) is 9.60. The Morgan fingerprint density at radius 2 is 1.91 bits per heavy atom. The first-order valence-electron chi connectivity index (χ1n) is 12.8. The van der Waals surface area contributed by atoms with Gasteiger partial charge >= 0.3 is 0 Å². The highest BCUT2D eigenvalue weighted by atomic mass is 16.5. The molecule has 1 aromatic rings. The zero-order valence-corrected chi connectivity index (χ0v) is 20.9. The Morgan fingerprint density at radius 1 is 1.18 bits per heavy atom. The minimum absolute atomic E-state index is 0.0199. The van der Waals surface area contributed by atoms with Gasteiger partial charge in [-0.3, -0.25) is 14.4 Å². The summed E-state index contributed by atoms with van der Waals surface area (Å²) in [5, 5.41) is 6.07. The normalized spacial score (nSPS) is 23.6. The third-order valence-electron chi connectivity index (χ3n) is 7.39. The molecule has 0 radical (unpaired) electrons. The summed E-state index contributed by atoms with van der Waals surface area (Å²) in [6, 6.07) is -0.569. The van der Waals surface area contributed by atoms with E-state index < -0.39 is 11.5 Å². The largest absolute Gasteiger partial charge is 0.448 e. The lowest BCUT2D eigenvalue weighted by molar-refractivity contribution is -0.139. The zero-order chi connectivity index (χ0) is 24.6. The topological polar surface area (TPSA) is 114 Å². The molecule has 1 spiro atoms. The van der Waals surface area contributed by atoms with E-state index in [4.69, 9.17) is 9.15 Å². The summed E-state index contributed by atoms with van der Waals surface area (Å²) >= 11 is 0. The molecule has 2 aliphatic rings. The van der Waals surface area contributed by atoms with Crippen molar-refractivity contribution < 1.29 is 23.5 Å². The van der Waals surface area contributed by atoms with E-state index in [1.807, 2.05) is 20.8 Å². The van der Waals surface area contributed by atoms with E-state index in [-0.39, 0.29) is 23.6 Å². The highest BCUT2D eigenvalue weighted by molar-refractivity contribution is 5.94. The van der Waals surface area contributed by atoms with Gasteiger partial charge in [0.15, 0.2) is 12.1 Å². The molecule has 0 aliphatic carbocycles. The molecule has 0 unspecified atom stereocenters. The number of nitrogens with one attached hydrogen (secondary N) is 2. The zero-order valence-electron chi connectivity index (χ0n) is 20.9. The van der Waals surface area contributed by atoms with Crippen molar-refractivity contribution in [3.63, 3.8) is 0 Å². The maximum Gasteiger partial charge on any atom is 0.276 e. The first kappa shape index (κ1) is 26.2. The molecule has 0 saturated carbocycles. The van der Waals surface area contributed by atoms with Gasteiger partial charge in [-0.15, -0.1) is 0 Å². The second-order valence-corrected chi connectivity index (χ2v) is 9.60. The second kappa shape index (κ2) is 12.3. The number of aryl methyl sites for hydroxylation is 1. The summed E-state index contributed by atoms with van der Waals surface area (Å²) in [7, 11) is 0. The van der Waals surface area contributed by atoms with Crippen LogP contribution >= 0.6 is 0 Å². The van der Waals surface area contributed by atoms with Crippen LogP contribution in [0.3, 0.4) is 0 Å². The summed E-state index contributed by atoms with van der Waals surface area (Å²) in [4.78, 5) is 45.5. The fourth-order valence-electron chi connectivity index (χ4n) is 4.84. The van der Waals surface area contributed by atoms with Crippen LogP contribution in [0.4, 0.5) is 0 Å². The van der Waals surface area contributed by atoms with Gasteiger partial charge in [-0.2, -0.15) is 0 Å². The number of carbonyl (C=O) groups excluding carboxylic acids is 3. The Kier molecular flexibility index (Phi) is 9.50. The maximum absolute atomic E-state index is 13.7. The molecule has 2 saturated heterocycles. The van der Waals surface area contributed by atoms with Crippen molar-refractivity contribution in [2.24, 2.45) is 11.3 Å². The smallest absolute Gasteiger partial charge is 0.276 e. The third kappa shape index (κ3) is 6.17. The monoisotopic (exact) mass is 476 g/mol. The molecule has 190 valence electrons. The number of ether oxygens (including phenoxy) is 1. The average Bonchev–Trinajstić information content (AvgIpc) is 3.34. The van der Waals surface area contributed by atoms with Gasteiger partial charge in [-0.05, 0) is 38.0 Å². The molecule has 0 aromatic carbocycles. The first-order valence-corrected chi connectivity index (χ1v) is 12.8. The summed E-state index contributed by atoms with van der Waals surface area (Å²) in [5.74, 6) is 0.247. The van der Waals surface area contributed by atoms with Crippen LogP contribution in [0, 0.1) is 11.3 Å². The van der Waals surface area contributed by atoms with Gasteiger partial charge in [0.1, 0.15) is 11.8 Å². The highest BCUT2D eigenvalue weighted by Gasteiger charge is 2.44. The van der Waals surface area contributed by atoms with Crippen molar-refractivity contribution in [1.82, 2.24) is 20.5 Å². The molecule has 2 fully saturated rings. The number of likely N-dealkylation sites (tertiary alicyclic amines) is 1. The van der Waals surface area contributed by atoms with Crippen LogP contribution in [-0.4, -0.2) is 66.5 Å². The van der Waals surface area contributed by atoms with Gasteiger partial charge in [-0.1, -0.05) is 33.6 Å². The van der Waals surface area contributed by atoms with Crippen molar-refractivity contribution >= 4 is 17.7 Å². The molecule has 2 N–H and O–H groups in total. The number of hydrogen-bond acceptors (Lipinski definition) is 6. The summed E-state index contributed by atoms with van der Waals surface area (Å²) in [5.41, 5.74) is -0.246. The van der Waals surface area contributed by atoms with Gasteiger partial charge in [-0.25, -0.2) is 4.98 Å². The van der Waals surface area contributed by atoms with Gasteiger partial charge in [0.2, 0.25) is 11.8 Å². The van der Waals surface area contributed by atoms with Crippen molar-refractivity contribution in [3.8, 4) is 0 Å². The number of aromatic nitrogens is 1. The van der Waals surface area contributed by atoms with E-state index in [1.54, 1.807) is 4.90 Å². The van der Waals surface area contributed by atoms with E-state index in [1.165, 1.54) is 6.39 Å². The molecule has 3 heterocycles. The Bertz CT molecular complexity index is 831. The number of nitrogens with zero attached hydrogens (tertiary/aromatic N) is 2. The van der Waals surface area contributed by atoms with Crippen LogP contribution in [-0.2, 0) is 20.7 Å². The lowest BCUT2D eigenvalue weighted by Gasteiger charge is -2.41. The van der Waals surface area contributed by atoms with Gasteiger partial charge in [0.05, 0.1) is 5.41 Å². The van der Waals surface area contributed by atoms with Gasteiger partial charge < -0.3 is 24.7 Å². The molecular formula is C25H40N4O5. The SMILES string of the molecule is CCc1ocnc1C(=O)N1CCC2(CCCCOCCCNC(=O)[C@H]([C@@H](C)CC)NC2=O)CC1. The molecular weight excluding hydrogens is 436 g/mol. The van der Waals surface area contributed by atoms with Gasteiger partial charge in [0, 0.05) is 39.3 Å². The number of carbonyl (C=O) groups is 3. The molecule has 1 aromatic heterocycles. The molecule has 34 heavy (non-hydrogen) atoms. The van der Waals surface area contributed by atoms with Crippen molar-refractivity contribution in [2.45, 2.75) is 78.2 Å². The quantitative estimate of drug-likeness (QED) is 0.691. The number of rotatable bonds is 4. The van der Waals surface area contributed by atoms with Crippen LogP contribution in [0.2, 0.25) is 0 Å². The minimum Gasteiger partial charge on any atom is -0.448 e. The van der Waals surface area contributed by atoms with Crippen LogP contribution in [0.1, 0.15) is 82.0 Å². The van der Waals surface area contributed by atoms with Gasteiger partial charge in [0.25, 0.3) is 5.91 Å². The molecule has 3 amide bonds. The number of amides is 3. The molecule has 9 nitrogen and oxygen atoms in total. The molecule has 2 atom stereocenters. The summed E-state index contributed by atoms with van der Waals surface area (Å²) in [6.45, 7) is 8.69. The standard InChI is InChI=1S/C25H40N4O5/c1-4-18(3)20-22(30)26-12-8-16-33-15-7-6-9-25(24(32)28-20)10-13-29(14-11-25)23(31)21-19(5-2)34-17-27-21/h17-18,20H,4-16H2,1-3H3,(H,26,30)(H,28,32)/t18-,20-/m0/s1. The fraction of sp³-hybridized carbons (Fsp3) is 0.760. The highest BCUT2D eigenvalue weighted by Crippen LogP contribution is 2.38. The minimum atomic E-state index is -0.607. The lowest BCUT2D eigenvalue weighted by atomic mass is 9.73. The number of oxazole rings is 1. The lowest BCUT2D eigenvalue weighted by Crippen LogP contribution is -2.57. The maximum atomic E-state index is 13.7. The molecule has 0 bridgehead atoms. The van der Waals surface area contributed by atoms with E-state index in [9.17, 15) is 14.4 Å². The first-order chi connectivity index (χ1) is 16.4. The number of hydrogen-bond donors (Lipinski definition) is 2. The number of piperidine rings is 1. The van der Waals surface area contributed by atoms with E-state index >= 15 is 0 Å². The summed E-state index contributed by atoms with van der Waals surface area (Å²) < 4.78 is 11.0. The van der Waals surface area contributed by atoms with Crippen LogP contribution < -0.4 is 10.6 Å². The Hall–Kier alpha value is -2.42. The van der Waals surface area contributed by atoms with Crippen LogP contribution in [0.15, 0.2) is 10.8 Å². The molecule has 9 heteroatoms. The van der Waals surface area contributed by atoms with E-state index in [2.05, 4.69) is 15.6 Å². The van der Waals surface area contributed by atoms with E-state index in [0.29, 0.717) is 70.0 Å². The molecule has 3 rings (SSSR count). The predicted molar refractivity (Wildman–Crippen MR) is 127 cm³/mol.